The van der Waals surface area contributed by atoms with Gasteiger partial charge in [0, 0.05) is 24.3 Å². The summed E-state index contributed by atoms with van der Waals surface area (Å²) in [4.78, 5) is 0.160. The second-order valence-electron chi connectivity index (χ2n) is 6.79. The average molecular weight is 399 g/mol. The number of nitrogens with zero attached hydrogens (tertiary/aromatic N) is 2. The number of nitrogens with one attached hydrogen (secondary N) is 1. The van der Waals surface area contributed by atoms with E-state index in [4.69, 9.17) is 9.47 Å². The molecule has 0 bridgehead atoms. The number of hydrogen-bond donors (Lipinski definition) is 1. The maximum atomic E-state index is 13.0. The summed E-state index contributed by atoms with van der Waals surface area (Å²) in [6, 6.07) is 14.7. The average Bonchev–Trinajstić information content (AvgIpc) is 3.34. The first-order valence-corrected chi connectivity index (χ1v) is 10.4. The zero-order valence-corrected chi connectivity index (χ0v) is 16.4. The molecule has 1 aliphatic rings. The Kier molecular flexibility index (Phi) is 4.82. The lowest BCUT2D eigenvalue weighted by molar-refractivity contribution is 0.174. The second kappa shape index (κ2) is 7.29. The monoisotopic (exact) mass is 399 g/mol. The van der Waals surface area contributed by atoms with Gasteiger partial charge in [-0.05, 0) is 31.5 Å². The van der Waals surface area contributed by atoms with E-state index in [9.17, 15) is 8.42 Å². The molecular formula is C20H21N3O4S. The molecule has 0 fully saturated rings. The predicted molar refractivity (Wildman–Crippen MR) is 105 cm³/mol. The van der Waals surface area contributed by atoms with E-state index in [2.05, 4.69) is 9.82 Å². The quantitative estimate of drug-likeness (QED) is 0.687. The Bertz CT molecular complexity index is 1090. The molecule has 1 aliphatic heterocycles. The molecule has 0 saturated carbocycles. The maximum absolute atomic E-state index is 13.0. The smallest absolute Gasteiger partial charge is 0.244 e. The lowest BCUT2D eigenvalue weighted by atomic mass is 10.2. The normalized spacial score (nSPS) is 13.2. The molecule has 0 aliphatic carbocycles. The third-order valence-corrected chi connectivity index (χ3v) is 5.87. The van der Waals surface area contributed by atoms with Gasteiger partial charge in [-0.2, -0.15) is 5.10 Å². The molecule has 0 radical (unpaired) electrons. The molecular weight excluding hydrogens is 378 g/mol. The Labute approximate surface area is 164 Å². The molecule has 7 nitrogen and oxygen atoms in total. The molecule has 2 heterocycles. The summed E-state index contributed by atoms with van der Waals surface area (Å²) in [7, 11) is -3.77. The van der Waals surface area contributed by atoms with Crippen molar-refractivity contribution in [1.29, 1.82) is 0 Å². The van der Waals surface area contributed by atoms with Crippen LogP contribution in [-0.2, 0) is 16.6 Å². The first kappa shape index (κ1) is 18.5. The van der Waals surface area contributed by atoms with Crippen LogP contribution < -0.4 is 14.2 Å². The summed E-state index contributed by atoms with van der Waals surface area (Å²) < 4.78 is 41.1. The van der Waals surface area contributed by atoms with Crippen LogP contribution in [0.5, 0.6) is 11.5 Å². The highest BCUT2D eigenvalue weighted by Crippen LogP contribution is 2.33. The summed E-state index contributed by atoms with van der Waals surface area (Å²) in [6.45, 7) is 4.23. The highest BCUT2D eigenvalue weighted by molar-refractivity contribution is 7.89. The van der Waals surface area contributed by atoms with Gasteiger partial charge in [-0.25, -0.2) is 13.1 Å². The fourth-order valence-corrected chi connectivity index (χ4v) is 4.11. The van der Waals surface area contributed by atoms with Gasteiger partial charge >= 0.3 is 0 Å². The van der Waals surface area contributed by atoms with Gasteiger partial charge in [-0.15, -0.1) is 0 Å². The minimum atomic E-state index is -3.77. The fraction of sp³-hybridized carbons (Fsp3) is 0.250. The molecule has 0 spiro atoms. The number of ether oxygens (including phenoxy) is 2. The lowest BCUT2D eigenvalue weighted by Gasteiger charge is -2.08. The highest BCUT2D eigenvalue weighted by atomic mass is 32.2. The third-order valence-electron chi connectivity index (χ3n) is 4.47. The number of rotatable bonds is 6. The van der Waals surface area contributed by atoms with Gasteiger partial charge < -0.3 is 9.47 Å². The van der Waals surface area contributed by atoms with Crippen LogP contribution >= 0.6 is 0 Å². The number of sulfonamides is 1. The number of hydrogen-bond acceptors (Lipinski definition) is 5. The van der Waals surface area contributed by atoms with Crippen LogP contribution in [0.1, 0.15) is 25.5 Å². The van der Waals surface area contributed by atoms with Gasteiger partial charge in [0.05, 0.1) is 0 Å². The summed E-state index contributed by atoms with van der Waals surface area (Å²) in [6.07, 6.45) is 1.58. The number of aromatic nitrogens is 2. The van der Waals surface area contributed by atoms with Crippen molar-refractivity contribution in [2.75, 3.05) is 6.79 Å². The van der Waals surface area contributed by atoms with E-state index in [1.54, 1.807) is 23.0 Å². The van der Waals surface area contributed by atoms with Gasteiger partial charge in [0.15, 0.2) is 11.5 Å². The minimum Gasteiger partial charge on any atom is -0.454 e. The van der Waals surface area contributed by atoms with E-state index < -0.39 is 10.0 Å². The SMILES string of the molecule is CC(C)n1cc(S(=O)(=O)NCc2ccc3c(c2)OCO3)c(-c2ccccc2)n1. The molecule has 0 atom stereocenters. The molecule has 146 valence electrons. The van der Waals surface area contributed by atoms with Crippen LogP contribution in [0.2, 0.25) is 0 Å². The van der Waals surface area contributed by atoms with Crippen molar-refractivity contribution in [1.82, 2.24) is 14.5 Å². The van der Waals surface area contributed by atoms with Gasteiger partial charge in [-0.1, -0.05) is 36.4 Å². The Balaban J connectivity index is 1.63. The van der Waals surface area contributed by atoms with Crippen molar-refractivity contribution < 1.29 is 17.9 Å². The Morgan fingerprint density at radius 1 is 1.11 bits per heavy atom. The summed E-state index contributed by atoms with van der Waals surface area (Å²) >= 11 is 0. The van der Waals surface area contributed by atoms with E-state index in [1.807, 2.05) is 50.2 Å². The largest absolute Gasteiger partial charge is 0.454 e. The van der Waals surface area contributed by atoms with Gasteiger partial charge in [-0.3, -0.25) is 4.68 Å². The van der Waals surface area contributed by atoms with Gasteiger partial charge in [0.25, 0.3) is 0 Å². The first-order valence-electron chi connectivity index (χ1n) is 8.97. The molecule has 0 amide bonds. The van der Waals surface area contributed by atoms with Crippen molar-refractivity contribution in [3.05, 3.63) is 60.3 Å². The molecule has 0 saturated heterocycles. The zero-order valence-electron chi connectivity index (χ0n) is 15.6. The van der Waals surface area contributed by atoms with Crippen LogP contribution in [0.3, 0.4) is 0 Å². The van der Waals surface area contributed by atoms with E-state index in [1.165, 1.54) is 0 Å². The molecule has 0 unspecified atom stereocenters. The van der Waals surface area contributed by atoms with Crippen LogP contribution in [0, 0.1) is 0 Å². The fourth-order valence-electron chi connectivity index (χ4n) is 2.94. The maximum Gasteiger partial charge on any atom is 0.244 e. The topological polar surface area (TPSA) is 82.5 Å². The number of fused-ring (bicyclic) bond motifs is 1. The molecule has 1 aromatic heterocycles. The van der Waals surface area contributed by atoms with Crippen LogP contribution in [0.25, 0.3) is 11.3 Å². The highest BCUT2D eigenvalue weighted by Gasteiger charge is 2.24. The number of benzene rings is 2. The van der Waals surface area contributed by atoms with Gasteiger partial charge in [0.2, 0.25) is 16.8 Å². The third kappa shape index (κ3) is 3.61. The van der Waals surface area contributed by atoms with E-state index >= 15 is 0 Å². The molecule has 2 aromatic carbocycles. The predicted octanol–water partition coefficient (Wildman–Crippen LogP) is 3.34. The Hall–Kier alpha value is -2.84. The zero-order chi connectivity index (χ0) is 19.7. The van der Waals surface area contributed by atoms with Crippen LogP contribution in [0.4, 0.5) is 0 Å². The Morgan fingerprint density at radius 3 is 2.61 bits per heavy atom. The molecule has 1 N–H and O–H groups in total. The van der Waals surface area contributed by atoms with E-state index in [0.29, 0.717) is 17.2 Å². The second-order valence-corrected chi connectivity index (χ2v) is 8.53. The lowest BCUT2D eigenvalue weighted by Crippen LogP contribution is -2.23. The van der Waals surface area contributed by atoms with Gasteiger partial charge in [0.1, 0.15) is 10.6 Å². The van der Waals surface area contributed by atoms with Crippen molar-refractivity contribution in [3.8, 4) is 22.8 Å². The molecule has 3 aromatic rings. The Morgan fingerprint density at radius 2 is 1.86 bits per heavy atom. The van der Waals surface area contributed by atoms with Crippen molar-refractivity contribution >= 4 is 10.0 Å². The summed E-state index contributed by atoms with van der Waals surface area (Å²) in [5.74, 6) is 1.28. The van der Waals surface area contributed by atoms with Crippen molar-refractivity contribution in [2.45, 2.75) is 31.3 Å². The summed E-state index contributed by atoms with van der Waals surface area (Å²) in [5, 5.41) is 4.51. The standard InChI is InChI=1S/C20H21N3O4S/c1-14(2)23-12-19(20(22-23)16-6-4-3-5-7-16)28(24,25)21-11-15-8-9-17-18(10-15)27-13-26-17/h3-10,12,14,21H,11,13H2,1-2H3. The molecule has 28 heavy (non-hydrogen) atoms. The summed E-state index contributed by atoms with van der Waals surface area (Å²) in [5.41, 5.74) is 1.98. The van der Waals surface area contributed by atoms with Crippen LogP contribution in [0.15, 0.2) is 59.6 Å². The van der Waals surface area contributed by atoms with Crippen molar-refractivity contribution in [3.63, 3.8) is 0 Å². The van der Waals surface area contributed by atoms with Crippen molar-refractivity contribution in [2.24, 2.45) is 0 Å². The van der Waals surface area contributed by atoms with E-state index in [-0.39, 0.29) is 24.3 Å². The molecule has 8 heteroatoms. The first-order chi connectivity index (χ1) is 13.4. The van der Waals surface area contributed by atoms with E-state index in [0.717, 1.165) is 11.1 Å². The molecule has 4 rings (SSSR count). The minimum absolute atomic E-state index is 0.0419. The van der Waals surface area contributed by atoms with Crippen LogP contribution in [-0.4, -0.2) is 25.0 Å².